The van der Waals surface area contributed by atoms with E-state index in [-0.39, 0.29) is 42.9 Å². The molecule has 1 aliphatic heterocycles. The van der Waals surface area contributed by atoms with Crippen LogP contribution in [-0.2, 0) is 19.6 Å². The third-order valence-corrected chi connectivity index (χ3v) is 9.94. The van der Waals surface area contributed by atoms with Gasteiger partial charge in [-0.2, -0.15) is 0 Å². The van der Waals surface area contributed by atoms with Crippen LogP contribution in [0.3, 0.4) is 0 Å². The Labute approximate surface area is 256 Å². The zero-order chi connectivity index (χ0) is 30.2. The summed E-state index contributed by atoms with van der Waals surface area (Å²) in [6, 6.07) is 18.7. The summed E-state index contributed by atoms with van der Waals surface area (Å²) in [5, 5.41) is 11.0. The highest BCUT2D eigenvalue weighted by atomic mass is 35.5. The van der Waals surface area contributed by atoms with Crippen LogP contribution < -0.4 is 4.31 Å². The molecule has 5 rings (SSSR count). The summed E-state index contributed by atoms with van der Waals surface area (Å²) in [4.78, 5) is 32.8. The molecule has 1 aromatic heterocycles. The second-order valence-electron chi connectivity index (χ2n) is 11.6. The molecular formula is C31H33Cl2N3O5S. The van der Waals surface area contributed by atoms with E-state index < -0.39 is 33.5 Å². The SMILES string of the molecule is C[C@]1(CC(=O)O)C[C@H](c2cccc(Cl)c2)[C@@H](c2ccc(Cl)cc2)N(C(CN(c2ccccn2)S(C)(=O)=O)C2CC2)C1=O. The molecule has 1 saturated heterocycles. The largest absolute Gasteiger partial charge is 0.481 e. The lowest BCUT2D eigenvalue weighted by Gasteiger charge is -2.52. The molecule has 8 nitrogen and oxygen atoms in total. The number of aromatic nitrogens is 1. The Morgan fingerprint density at radius 2 is 1.79 bits per heavy atom. The quantitative estimate of drug-likeness (QED) is 0.287. The fourth-order valence-corrected chi connectivity index (χ4v) is 7.46. The van der Waals surface area contributed by atoms with Crippen molar-refractivity contribution in [2.75, 3.05) is 17.1 Å². The van der Waals surface area contributed by atoms with Gasteiger partial charge in [-0.15, -0.1) is 0 Å². The van der Waals surface area contributed by atoms with E-state index in [0.717, 1.165) is 30.2 Å². The van der Waals surface area contributed by atoms with Gasteiger partial charge in [-0.1, -0.05) is 60.5 Å². The summed E-state index contributed by atoms with van der Waals surface area (Å²) in [6.07, 6.45) is 4.21. The predicted molar refractivity (Wildman–Crippen MR) is 163 cm³/mol. The van der Waals surface area contributed by atoms with E-state index in [1.807, 2.05) is 30.3 Å². The van der Waals surface area contributed by atoms with Crippen molar-refractivity contribution in [3.63, 3.8) is 0 Å². The maximum atomic E-state index is 14.6. The van der Waals surface area contributed by atoms with Crippen molar-refractivity contribution in [2.24, 2.45) is 11.3 Å². The zero-order valence-electron chi connectivity index (χ0n) is 23.4. The molecule has 42 heavy (non-hydrogen) atoms. The highest BCUT2D eigenvalue weighted by Gasteiger charge is 2.55. The van der Waals surface area contributed by atoms with Crippen molar-refractivity contribution in [3.8, 4) is 0 Å². The summed E-state index contributed by atoms with van der Waals surface area (Å²) < 4.78 is 27.5. The van der Waals surface area contributed by atoms with Crippen LogP contribution in [-0.4, -0.2) is 54.1 Å². The smallest absolute Gasteiger partial charge is 0.304 e. The number of hydrogen-bond acceptors (Lipinski definition) is 5. The van der Waals surface area contributed by atoms with E-state index in [9.17, 15) is 23.1 Å². The first-order valence-corrected chi connectivity index (χ1v) is 16.4. The normalized spacial score (nSPS) is 23.4. The van der Waals surface area contributed by atoms with E-state index in [4.69, 9.17) is 23.2 Å². The lowest BCUT2D eigenvalue weighted by Crippen LogP contribution is -2.59. The predicted octanol–water partition coefficient (Wildman–Crippen LogP) is 6.17. The second kappa shape index (κ2) is 11.9. The van der Waals surface area contributed by atoms with Crippen molar-refractivity contribution in [2.45, 2.75) is 50.6 Å². The van der Waals surface area contributed by atoms with Crippen LogP contribution in [0.1, 0.15) is 55.7 Å². The molecule has 0 spiro atoms. The average Bonchev–Trinajstić information content (AvgIpc) is 3.76. The van der Waals surface area contributed by atoms with Gasteiger partial charge in [0.25, 0.3) is 0 Å². The van der Waals surface area contributed by atoms with Crippen molar-refractivity contribution in [3.05, 3.63) is 94.1 Å². The van der Waals surface area contributed by atoms with E-state index in [0.29, 0.717) is 10.0 Å². The van der Waals surface area contributed by atoms with Crippen LogP contribution in [0.25, 0.3) is 0 Å². The number of pyridine rings is 1. The number of sulfonamides is 1. The van der Waals surface area contributed by atoms with Gasteiger partial charge in [-0.3, -0.25) is 13.9 Å². The van der Waals surface area contributed by atoms with Gasteiger partial charge in [0, 0.05) is 22.2 Å². The van der Waals surface area contributed by atoms with Gasteiger partial charge in [0.1, 0.15) is 5.82 Å². The van der Waals surface area contributed by atoms with E-state index in [1.54, 1.807) is 48.2 Å². The number of carboxylic acid groups (broad SMARTS) is 1. The van der Waals surface area contributed by atoms with Crippen LogP contribution in [0.15, 0.2) is 72.9 Å². The number of halogens is 2. The van der Waals surface area contributed by atoms with Gasteiger partial charge in [-0.05, 0) is 72.7 Å². The molecule has 0 bridgehead atoms. The molecule has 1 aliphatic carbocycles. The van der Waals surface area contributed by atoms with Crippen molar-refractivity contribution >= 4 is 50.9 Å². The minimum absolute atomic E-state index is 0.0121. The zero-order valence-corrected chi connectivity index (χ0v) is 25.7. The fraction of sp³-hybridized carbons (Fsp3) is 0.387. The van der Waals surface area contributed by atoms with Gasteiger partial charge < -0.3 is 10.0 Å². The van der Waals surface area contributed by atoms with Crippen molar-refractivity contribution in [1.29, 1.82) is 0 Å². The second-order valence-corrected chi connectivity index (χ2v) is 14.4. The molecule has 2 fully saturated rings. The van der Waals surface area contributed by atoms with Gasteiger partial charge in [-0.25, -0.2) is 13.4 Å². The Bertz CT molecular complexity index is 1570. The summed E-state index contributed by atoms with van der Waals surface area (Å²) in [5.41, 5.74) is 0.454. The standard InChI is InChI=1S/C31H33Cl2N3O5S/c1-31(18-28(37)38)17-25(22-6-5-7-24(33)16-22)29(21-11-13-23(32)14-12-21)36(30(31)39)26(20-9-10-20)19-35(42(2,40)41)27-8-3-4-15-34-27/h3-8,11-16,20,25-26,29H,9-10,17-19H2,1-2H3,(H,37,38)/t25-,26?,29-,31-/m1/s1. The summed E-state index contributed by atoms with van der Waals surface area (Å²) in [5.74, 6) is -1.42. The third-order valence-electron chi connectivity index (χ3n) is 8.31. The molecule has 1 saturated carbocycles. The maximum absolute atomic E-state index is 14.6. The number of aliphatic carboxylic acids is 1. The molecule has 4 atom stereocenters. The van der Waals surface area contributed by atoms with Crippen LogP contribution in [0.5, 0.6) is 0 Å². The van der Waals surface area contributed by atoms with E-state index in [2.05, 4.69) is 4.98 Å². The first-order valence-electron chi connectivity index (χ1n) is 13.8. The third kappa shape index (κ3) is 6.43. The molecule has 2 aliphatic rings. The van der Waals surface area contributed by atoms with Gasteiger partial charge in [0.2, 0.25) is 15.9 Å². The van der Waals surface area contributed by atoms with Crippen LogP contribution in [0.2, 0.25) is 10.0 Å². The lowest BCUT2D eigenvalue weighted by atomic mass is 9.67. The highest BCUT2D eigenvalue weighted by Crippen LogP contribution is 2.54. The number of amides is 1. The number of carboxylic acids is 1. The number of nitrogens with zero attached hydrogens (tertiary/aromatic N) is 3. The number of benzene rings is 2. The molecule has 2 heterocycles. The van der Waals surface area contributed by atoms with Crippen molar-refractivity contribution in [1.82, 2.24) is 9.88 Å². The Morgan fingerprint density at radius 1 is 1.07 bits per heavy atom. The van der Waals surface area contributed by atoms with Gasteiger partial charge >= 0.3 is 5.97 Å². The molecule has 0 radical (unpaired) electrons. The fourth-order valence-electron chi connectivity index (χ4n) is 6.26. The van der Waals surface area contributed by atoms with Gasteiger partial charge in [0.05, 0.1) is 36.7 Å². The number of likely N-dealkylation sites (tertiary alicyclic amines) is 1. The number of piperidine rings is 1. The topological polar surface area (TPSA) is 108 Å². The number of carbonyl (C=O) groups excluding carboxylic acids is 1. The summed E-state index contributed by atoms with van der Waals surface area (Å²) in [7, 11) is -3.78. The Balaban J connectivity index is 1.70. The molecule has 1 amide bonds. The van der Waals surface area contributed by atoms with Crippen molar-refractivity contribution < 1.29 is 23.1 Å². The molecule has 222 valence electrons. The monoisotopic (exact) mass is 629 g/mol. The molecule has 1 unspecified atom stereocenters. The number of rotatable bonds is 10. The van der Waals surface area contributed by atoms with Crippen LogP contribution in [0, 0.1) is 11.3 Å². The Kier molecular flexibility index (Phi) is 8.56. The van der Waals surface area contributed by atoms with E-state index in [1.165, 1.54) is 10.5 Å². The average molecular weight is 631 g/mol. The highest BCUT2D eigenvalue weighted by molar-refractivity contribution is 7.92. The minimum atomic E-state index is -3.78. The molecule has 1 N–H and O–H groups in total. The molecule has 3 aromatic rings. The maximum Gasteiger partial charge on any atom is 0.304 e. The lowest BCUT2D eigenvalue weighted by molar-refractivity contribution is -0.160. The molecular weight excluding hydrogens is 597 g/mol. The summed E-state index contributed by atoms with van der Waals surface area (Å²) in [6.45, 7) is 1.69. The number of carbonyl (C=O) groups is 2. The summed E-state index contributed by atoms with van der Waals surface area (Å²) >= 11 is 12.7. The number of hydrogen-bond donors (Lipinski definition) is 1. The Morgan fingerprint density at radius 3 is 2.36 bits per heavy atom. The first kappa shape index (κ1) is 30.3. The van der Waals surface area contributed by atoms with Crippen LogP contribution >= 0.6 is 23.2 Å². The molecule has 2 aromatic carbocycles. The Hall–Kier alpha value is -3.14. The van der Waals surface area contributed by atoms with Crippen LogP contribution in [0.4, 0.5) is 5.82 Å². The molecule has 11 heteroatoms. The number of anilines is 1. The van der Waals surface area contributed by atoms with E-state index >= 15 is 0 Å². The van der Waals surface area contributed by atoms with Gasteiger partial charge in [0.15, 0.2) is 0 Å². The minimum Gasteiger partial charge on any atom is -0.481 e. The first-order chi connectivity index (χ1) is 19.9.